The quantitative estimate of drug-likeness (QED) is 0.680. The molecule has 2 N–H and O–H groups in total. The molecular weight excluding hydrogens is 328 g/mol. The molecule has 0 radical (unpaired) electrons. The van der Waals surface area contributed by atoms with Gasteiger partial charge in [-0.2, -0.15) is 0 Å². The van der Waals surface area contributed by atoms with Gasteiger partial charge in [-0.05, 0) is 19.9 Å². The van der Waals surface area contributed by atoms with Crippen molar-refractivity contribution in [3.63, 3.8) is 0 Å². The van der Waals surface area contributed by atoms with E-state index < -0.39 is 4.92 Å². The molecule has 0 spiro atoms. The van der Waals surface area contributed by atoms with Crippen LogP contribution in [-0.2, 0) is 0 Å². The fourth-order valence-electron chi connectivity index (χ4n) is 1.63. The number of nitro groups is 1. The van der Waals surface area contributed by atoms with E-state index >= 15 is 0 Å². The second-order valence-electron chi connectivity index (χ2n) is 4.12. The van der Waals surface area contributed by atoms with Gasteiger partial charge in [0.1, 0.15) is 12.1 Å². The molecule has 20 heavy (non-hydrogen) atoms. The zero-order valence-electron chi connectivity index (χ0n) is 10.8. The molecule has 2 rings (SSSR count). The zero-order chi connectivity index (χ0) is 14.9. The van der Waals surface area contributed by atoms with Crippen LogP contribution < -0.4 is 10.5 Å². The monoisotopic (exact) mass is 338 g/mol. The molecule has 0 fully saturated rings. The number of rotatable bonds is 3. The van der Waals surface area contributed by atoms with Crippen molar-refractivity contribution in [1.82, 2.24) is 9.97 Å². The van der Waals surface area contributed by atoms with Crippen LogP contribution in [0, 0.1) is 24.0 Å². The Bertz CT molecular complexity index is 691. The Kier molecular flexibility index (Phi) is 3.84. The summed E-state index contributed by atoms with van der Waals surface area (Å²) in [6.07, 6.45) is 1.25. The fourth-order valence-corrected chi connectivity index (χ4v) is 2.19. The molecule has 1 heterocycles. The molecule has 104 valence electrons. The van der Waals surface area contributed by atoms with Gasteiger partial charge in [-0.1, -0.05) is 15.9 Å². The number of hydrogen-bond donors (Lipinski definition) is 1. The molecule has 0 bridgehead atoms. The van der Waals surface area contributed by atoms with E-state index in [-0.39, 0.29) is 23.1 Å². The summed E-state index contributed by atoms with van der Waals surface area (Å²) < 4.78 is 6.18. The number of nitrogens with two attached hydrogens (primary N) is 1. The molecule has 0 aliphatic rings. The maximum Gasteiger partial charge on any atom is 0.313 e. The number of nitrogens with zero attached hydrogens (tertiary/aromatic N) is 3. The minimum absolute atomic E-state index is 0.138. The number of halogens is 1. The minimum atomic E-state index is -0.507. The van der Waals surface area contributed by atoms with E-state index in [1.54, 1.807) is 19.9 Å². The van der Waals surface area contributed by atoms with E-state index in [1.165, 1.54) is 12.4 Å². The van der Waals surface area contributed by atoms with E-state index in [2.05, 4.69) is 25.9 Å². The van der Waals surface area contributed by atoms with Gasteiger partial charge in [0.25, 0.3) is 0 Å². The van der Waals surface area contributed by atoms with Crippen molar-refractivity contribution in [1.29, 1.82) is 0 Å². The average Bonchev–Trinajstić information content (AvgIpc) is 2.37. The van der Waals surface area contributed by atoms with Gasteiger partial charge in [-0.25, -0.2) is 9.97 Å². The molecule has 2 aromatic rings. The van der Waals surface area contributed by atoms with Crippen LogP contribution in [0.15, 0.2) is 22.9 Å². The Morgan fingerprint density at radius 2 is 2.05 bits per heavy atom. The summed E-state index contributed by atoms with van der Waals surface area (Å²) in [5.41, 5.74) is 6.66. The molecule has 0 aliphatic heterocycles. The molecule has 1 aromatic heterocycles. The summed E-state index contributed by atoms with van der Waals surface area (Å²) in [5, 5.41) is 11.1. The number of hydrogen-bond acceptors (Lipinski definition) is 6. The van der Waals surface area contributed by atoms with E-state index in [4.69, 9.17) is 10.5 Å². The summed E-state index contributed by atoms with van der Waals surface area (Å²) in [6, 6.07) is 3.10. The lowest BCUT2D eigenvalue weighted by Crippen LogP contribution is -2.01. The smallest absolute Gasteiger partial charge is 0.313 e. The lowest BCUT2D eigenvalue weighted by Gasteiger charge is -2.11. The SMILES string of the molecule is Cc1cc(Br)cc([N+](=O)[O-])c1Oc1ncnc(N)c1C. The first kappa shape index (κ1) is 14.2. The highest BCUT2D eigenvalue weighted by Gasteiger charge is 2.21. The van der Waals surface area contributed by atoms with Gasteiger partial charge in [0.05, 0.1) is 10.5 Å². The molecule has 0 aliphatic carbocycles. The molecular formula is C12H11BrN4O3. The normalized spacial score (nSPS) is 10.3. The predicted molar refractivity (Wildman–Crippen MR) is 76.8 cm³/mol. The molecule has 0 saturated carbocycles. The Hall–Kier alpha value is -2.22. The van der Waals surface area contributed by atoms with Crippen molar-refractivity contribution in [2.45, 2.75) is 13.8 Å². The highest BCUT2D eigenvalue weighted by atomic mass is 79.9. The van der Waals surface area contributed by atoms with E-state index in [1.807, 2.05) is 0 Å². The van der Waals surface area contributed by atoms with Crippen LogP contribution >= 0.6 is 15.9 Å². The summed E-state index contributed by atoms with van der Waals surface area (Å²) >= 11 is 3.22. The van der Waals surface area contributed by atoms with Gasteiger partial charge in [0, 0.05) is 16.1 Å². The Labute approximate surface area is 123 Å². The van der Waals surface area contributed by atoms with Crippen LogP contribution in [0.25, 0.3) is 0 Å². The molecule has 0 saturated heterocycles. The van der Waals surface area contributed by atoms with Crippen molar-refractivity contribution in [2.75, 3.05) is 5.73 Å². The maximum absolute atomic E-state index is 11.1. The second-order valence-corrected chi connectivity index (χ2v) is 5.03. The Morgan fingerprint density at radius 3 is 2.70 bits per heavy atom. The number of nitrogen functional groups attached to an aromatic ring is 1. The third-order valence-corrected chi connectivity index (χ3v) is 3.15. The largest absolute Gasteiger partial charge is 0.431 e. The van der Waals surface area contributed by atoms with Crippen LogP contribution in [-0.4, -0.2) is 14.9 Å². The number of aromatic nitrogens is 2. The predicted octanol–water partition coefficient (Wildman–Crippen LogP) is 3.14. The minimum Gasteiger partial charge on any atom is -0.431 e. The van der Waals surface area contributed by atoms with Crippen molar-refractivity contribution >= 4 is 27.4 Å². The average molecular weight is 339 g/mol. The van der Waals surface area contributed by atoms with Gasteiger partial charge >= 0.3 is 5.69 Å². The van der Waals surface area contributed by atoms with Crippen LogP contribution in [0.3, 0.4) is 0 Å². The van der Waals surface area contributed by atoms with Crippen molar-refractivity contribution in [3.05, 3.63) is 44.2 Å². The van der Waals surface area contributed by atoms with Gasteiger partial charge in [0.15, 0.2) is 0 Å². The standard InChI is InChI=1S/C12H11BrN4O3/c1-6-3-8(13)4-9(17(18)19)10(6)20-12-7(2)11(14)15-5-16-12/h3-5H,1-2H3,(H2,14,15,16). The number of nitro benzene ring substituents is 1. The number of aryl methyl sites for hydroxylation is 1. The van der Waals surface area contributed by atoms with Crippen LogP contribution in [0.5, 0.6) is 11.6 Å². The summed E-state index contributed by atoms with van der Waals surface area (Å²) in [4.78, 5) is 18.4. The van der Waals surface area contributed by atoms with Crippen molar-refractivity contribution in [3.8, 4) is 11.6 Å². The zero-order valence-corrected chi connectivity index (χ0v) is 12.3. The Morgan fingerprint density at radius 1 is 1.35 bits per heavy atom. The second kappa shape index (κ2) is 5.41. The highest BCUT2D eigenvalue weighted by Crippen LogP contribution is 2.37. The Balaban J connectivity index is 2.53. The highest BCUT2D eigenvalue weighted by molar-refractivity contribution is 9.10. The van der Waals surface area contributed by atoms with Gasteiger partial charge in [0.2, 0.25) is 11.6 Å². The van der Waals surface area contributed by atoms with Crippen LogP contribution in [0.1, 0.15) is 11.1 Å². The summed E-state index contributed by atoms with van der Waals surface area (Å²) in [5.74, 6) is 0.609. The number of ether oxygens (including phenoxy) is 1. The number of anilines is 1. The molecule has 0 unspecified atom stereocenters. The molecule has 0 atom stereocenters. The summed E-state index contributed by atoms with van der Waals surface area (Å²) in [7, 11) is 0. The first-order valence-corrected chi connectivity index (χ1v) is 6.39. The van der Waals surface area contributed by atoms with Gasteiger partial charge < -0.3 is 10.5 Å². The van der Waals surface area contributed by atoms with Crippen LogP contribution in [0.2, 0.25) is 0 Å². The molecule has 8 heteroatoms. The summed E-state index contributed by atoms with van der Waals surface area (Å²) in [6.45, 7) is 3.40. The van der Waals surface area contributed by atoms with Gasteiger partial charge in [-0.3, -0.25) is 10.1 Å². The lowest BCUT2D eigenvalue weighted by atomic mass is 10.2. The lowest BCUT2D eigenvalue weighted by molar-refractivity contribution is -0.385. The fraction of sp³-hybridized carbons (Fsp3) is 0.167. The van der Waals surface area contributed by atoms with E-state index in [0.29, 0.717) is 15.6 Å². The molecule has 1 aromatic carbocycles. The third-order valence-electron chi connectivity index (χ3n) is 2.69. The van der Waals surface area contributed by atoms with Gasteiger partial charge in [-0.15, -0.1) is 0 Å². The third kappa shape index (κ3) is 2.69. The van der Waals surface area contributed by atoms with Crippen LogP contribution in [0.4, 0.5) is 11.5 Å². The van der Waals surface area contributed by atoms with Crippen molar-refractivity contribution in [2.24, 2.45) is 0 Å². The van der Waals surface area contributed by atoms with E-state index in [0.717, 1.165) is 0 Å². The molecule has 7 nitrogen and oxygen atoms in total. The topological polar surface area (TPSA) is 104 Å². The van der Waals surface area contributed by atoms with Crippen molar-refractivity contribution < 1.29 is 9.66 Å². The maximum atomic E-state index is 11.1. The first-order chi connectivity index (χ1) is 9.40. The number of benzene rings is 1. The first-order valence-electron chi connectivity index (χ1n) is 5.59. The molecule has 0 amide bonds. The van der Waals surface area contributed by atoms with E-state index in [9.17, 15) is 10.1 Å².